The van der Waals surface area contributed by atoms with Crippen molar-refractivity contribution >= 4 is 12.0 Å². The maximum Gasteiger partial charge on any atom is 0.415 e. The Balaban J connectivity index is 2.43. The molecular weight excluding hydrogens is 182 g/mol. The fourth-order valence-corrected chi connectivity index (χ4v) is 1.42. The molecule has 0 saturated carbocycles. The summed E-state index contributed by atoms with van der Waals surface area (Å²) in [6, 6.07) is 8.91. The third-order valence-corrected chi connectivity index (χ3v) is 2.27. The molecule has 0 bridgehead atoms. The van der Waals surface area contributed by atoms with Crippen molar-refractivity contribution in [1.82, 2.24) is 5.32 Å². The van der Waals surface area contributed by atoms with Gasteiger partial charge in [-0.3, -0.25) is 10.1 Å². The molecule has 1 aliphatic rings. The van der Waals surface area contributed by atoms with E-state index in [0.717, 1.165) is 0 Å². The highest BCUT2D eigenvalue weighted by Crippen LogP contribution is 2.28. The van der Waals surface area contributed by atoms with Crippen LogP contribution in [0.4, 0.5) is 4.79 Å². The first-order chi connectivity index (χ1) is 6.63. The summed E-state index contributed by atoms with van der Waals surface area (Å²) in [5.41, 5.74) is -0.512. The standard InChI is InChI=1S/C10H9NO3/c1-10(7-5-3-2-4-6-7)8(12)11-9(13)14-10/h2-6H,1H3,(H,11,12,13). The van der Waals surface area contributed by atoms with E-state index in [2.05, 4.69) is 5.32 Å². The van der Waals surface area contributed by atoms with Gasteiger partial charge in [-0.25, -0.2) is 4.79 Å². The number of hydrogen-bond acceptors (Lipinski definition) is 3. The van der Waals surface area contributed by atoms with Crippen molar-refractivity contribution < 1.29 is 14.3 Å². The van der Waals surface area contributed by atoms with Gasteiger partial charge in [0.2, 0.25) is 5.60 Å². The summed E-state index contributed by atoms with van der Waals surface area (Å²) in [6.07, 6.45) is -0.693. The van der Waals surface area contributed by atoms with Crippen LogP contribution in [0.15, 0.2) is 30.3 Å². The van der Waals surface area contributed by atoms with Crippen molar-refractivity contribution in [3.8, 4) is 0 Å². The molecule has 72 valence electrons. The first-order valence-corrected chi connectivity index (χ1v) is 4.23. The van der Waals surface area contributed by atoms with Crippen LogP contribution in [0.2, 0.25) is 0 Å². The number of nitrogens with one attached hydrogen (secondary N) is 1. The van der Waals surface area contributed by atoms with E-state index in [1.807, 2.05) is 6.07 Å². The molecule has 1 atom stereocenters. The molecule has 0 radical (unpaired) electrons. The lowest BCUT2D eigenvalue weighted by molar-refractivity contribution is -0.130. The number of benzene rings is 1. The lowest BCUT2D eigenvalue weighted by Gasteiger charge is -2.18. The monoisotopic (exact) mass is 191 g/mol. The van der Waals surface area contributed by atoms with E-state index in [1.54, 1.807) is 31.2 Å². The van der Waals surface area contributed by atoms with E-state index in [0.29, 0.717) is 5.56 Å². The zero-order valence-corrected chi connectivity index (χ0v) is 7.61. The number of rotatable bonds is 1. The molecule has 1 N–H and O–H groups in total. The number of imide groups is 1. The molecule has 14 heavy (non-hydrogen) atoms. The van der Waals surface area contributed by atoms with Crippen LogP contribution in [-0.2, 0) is 15.1 Å². The van der Waals surface area contributed by atoms with Crippen molar-refractivity contribution in [3.05, 3.63) is 35.9 Å². The second-order valence-electron chi connectivity index (χ2n) is 3.24. The minimum Gasteiger partial charge on any atom is -0.428 e. The Kier molecular flexibility index (Phi) is 1.77. The lowest BCUT2D eigenvalue weighted by atomic mass is 9.96. The third-order valence-electron chi connectivity index (χ3n) is 2.27. The first-order valence-electron chi connectivity index (χ1n) is 4.23. The number of hydrogen-bond donors (Lipinski definition) is 1. The van der Waals surface area contributed by atoms with Gasteiger partial charge < -0.3 is 4.74 Å². The Morgan fingerprint density at radius 3 is 2.36 bits per heavy atom. The molecule has 1 unspecified atom stereocenters. The van der Waals surface area contributed by atoms with Crippen LogP contribution in [0.1, 0.15) is 12.5 Å². The second-order valence-corrected chi connectivity index (χ2v) is 3.24. The molecule has 4 nitrogen and oxygen atoms in total. The number of alkyl carbamates (subject to hydrolysis) is 1. The molecule has 4 heteroatoms. The van der Waals surface area contributed by atoms with Gasteiger partial charge in [0.1, 0.15) is 0 Å². The van der Waals surface area contributed by atoms with E-state index in [-0.39, 0.29) is 0 Å². The zero-order valence-electron chi connectivity index (χ0n) is 7.61. The largest absolute Gasteiger partial charge is 0.428 e. The van der Waals surface area contributed by atoms with Gasteiger partial charge in [0, 0.05) is 5.56 Å². The van der Waals surface area contributed by atoms with E-state index < -0.39 is 17.6 Å². The molecule has 1 aromatic carbocycles. The van der Waals surface area contributed by atoms with Crippen molar-refractivity contribution in [3.63, 3.8) is 0 Å². The van der Waals surface area contributed by atoms with Gasteiger partial charge in [-0.15, -0.1) is 0 Å². The quantitative estimate of drug-likeness (QED) is 0.724. The summed E-state index contributed by atoms with van der Waals surface area (Å²) >= 11 is 0. The fourth-order valence-electron chi connectivity index (χ4n) is 1.42. The van der Waals surface area contributed by atoms with Crippen molar-refractivity contribution in [2.24, 2.45) is 0 Å². The third kappa shape index (κ3) is 1.16. The van der Waals surface area contributed by atoms with Gasteiger partial charge in [-0.2, -0.15) is 0 Å². The number of ether oxygens (including phenoxy) is 1. The van der Waals surface area contributed by atoms with Gasteiger partial charge in [-0.05, 0) is 6.92 Å². The minimum absolute atomic E-state index is 0.422. The molecule has 0 aromatic heterocycles. The van der Waals surface area contributed by atoms with Crippen LogP contribution in [0.5, 0.6) is 0 Å². The SMILES string of the molecule is CC1(c2ccccc2)OC(=O)NC1=O. The molecule has 2 rings (SSSR count). The Morgan fingerprint density at radius 1 is 1.21 bits per heavy atom. The minimum atomic E-state index is -1.18. The average molecular weight is 191 g/mol. The van der Waals surface area contributed by atoms with Gasteiger partial charge in [0.15, 0.2) is 0 Å². The predicted octanol–water partition coefficient (Wildman–Crippen LogP) is 1.17. The highest BCUT2D eigenvalue weighted by Gasteiger charge is 2.46. The molecule has 1 fully saturated rings. The highest BCUT2D eigenvalue weighted by molar-refractivity contribution is 6.03. The molecule has 1 aromatic rings. The average Bonchev–Trinajstić information content (AvgIpc) is 2.43. The first kappa shape index (κ1) is 8.74. The summed E-state index contributed by atoms with van der Waals surface area (Å²) in [5.74, 6) is -0.422. The molecule has 0 spiro atoms. The van der Waals surface area contributed by atoms with E-state index in [9.17, 15) is 9.59 Å². The zero-order chi connectivity index (χ0) is 10.2. The Morgan fingerprint density at radius 2 is 1.86 bits per heavy atom. The maximum atomic E-state index is 11.4. The summed E-state index contributed by atoms with van der Waals surface area (Å²) in [6.45, 7) is 1.57. The highest BCUT2D eigenvalue weighted by atomic mass is 16.6. The molecule has 2 amide bonds. The molecular formula is C10H9NO3. The van der Waals surface area contributed by atoms with E-state index >= 15 is 0 Å². The maximum absolute atomic E-state index is 11.4. The summed E-state index contributed by atoms with van der Waals surface area (Å²) in [4.78, 5) is 22.3. The summed E-state index contributed by atoms with van der Waals surface area (Å²) in [7, 11) is 0. The Hall–Kier alpha value is -1.84. The fraction of sp³-hybridized carbons (Fsp3) is 0.200. The van der Waals surface area contributed by atoms with Crippen LogP contribution in [0.3, 0.4) is 0 Å². The van der Waals surface area contributed by atoms with Crippen LogP contribution < -0.4 is 5.32 Å². The Labute approximate surface area is 80.9 Å². The van der Waals surface area contributed by atoms with Crippen molar-refractivity contribution in [2.45, 2.75) is 12.5 Å². The molecule has 1 heterocycles. The van der Waals surface area contributed by atoms with Gasteiger partial charge in [0.25, 0.3) is 5.91 Å². The Bertz CT molecular complexity index is 388. The summed E-state index contributed by atoms with van der Waals surface area (Å²) in [5, 5.41) is 2.11. The van der Waals surface area contributed by atoms with Crippen LogP contribution in [0, 0.1) is 0 Å². The number of carbonyl (C=O) groups is 2. The summed E-state index contributed by atoms with van der Waals surface area (Å²) < 4.78 is 4.95. The van der Waals surface area contributed by atoms with Crippen molar-refractivity contribution in [2.75, 3.05) is 0 Å². The number of cyclic esters (lactones) is 1. The van der Waals surface area contributed by atoms with Crippen LogP contribution in [-0.4, -0.2) is 12.0 Å². The predicted molar refractivity (Wildman–Crippen MR) is 48.4 cm³/mol. The van der Waals surface area contributed by atoms with Gasteiger partial charge in [0.05, 0.1) is 0 Å². The van der Waals surface area contributed by atoms with Crippen LogP contribution in [0.25, 0.3) is 0 Å². The van der Waals surface area contributed by atoms with Gasteiger partial charge in [-0.1, -0.05) is 30.3 Å². The topological polar surface area (TPSA) is 55.4 Å². The second kappa shape index (κ2) is 2.83. The smallest absolute Gasteiger partial charge is 0.415 e. The number of amides is 2. The van der Waals surface area contributed by atoms with Crippen LogP contribution >= 0.6 is 0 Å². The molecule has 1 aliphatic heterocycles. The van der Waals surface area contributed by atoms with E-state index in [4.69, 9.17) is 4.74 Å². The van der Waals surface area contributed by atoms with Gasteiger partial charge >= 0.3 is 6.09 Å². The molecule has 0 aliphatic carbocycles. The molecule has 1 saturated heterocycles. The van der Waals surface area contributed by atoms with Crippen molar-refractivity contribution in [1.29, 1.82) is 0 Å². The lowest BCUT2D eigenvalue weighted by Crippen LogP contribution is -2.33. The normalized spacial score (nSPS) is 25.8. The number of carbonyl (C=O) groups excluding carboxylic acids is 2. The van der Waals surface area contributed by atoms with E-state index in [1.165, 1.54) is 0 Å².